The van der Waals surface area contributed by atoms with Gasteiger partial charge in [0.15, 0.2) is 0 Å². The molecule has 2 heterocycles. The molecule has 1 atom stereocenters. The molecule has 19 heavy (non-hydrogen) atoms. The third-order valence-electron chi connectivity index (χ3n) is 3.56. The average molecular weight is 281 g/mol. The molecule has 1 aromatic heterocycles. The molecule has 0 saturated carbocycles. The van der Waals surface area contributed by atoms with Crippen molar-refractivity contribution in [3.63, 3.8) is 0 Å². The molecule has 106 valence electrons. The quantitative estimate of drug-likeness (QED) is 0.922. The lowest BCUT2D eigenvalue weighted by atomic mass is 9.89. The van der Waals surface area contributed by atoms with Gasteiger partial charge in [-0.05, 0) is 31.1 Å². The fourth-order valence-corrected chi connectivity index (χ4v) is 3.42. The summed E-state index contributed by atoms with van der Waals surface area (Å²) in [4.78, 5) is 18.6. The van der Waals surface area contributed by atoms with E-state index in [1.54, 1.807) is 0 Å². The van der Waals surface area contributed by atoms with Gasteiger partial charge in [-0.15, -0.1) is 11.3 Å². The van der Waals surface area contributed by atoms with E-state index in [4.69, 9.17) is 5.73 Å². The summed E-state index contributed by atoms with van der Waals surface area (Å²) in [7, 11) is 0. The van der Waals surface area contributed by atoms with Crippen LogP contribution in [0.5, 0.6) is 0 Å². The van der Waals surface area contributed by atoms with Crippen molar-refractivity contribution < 1.29 is 4.79 Å². The highest BCUT2D eigenvalue weighted by Crippen LogP contribution is 2.24. The van der Waals surface area contributed by atoms with E-state index >= 15 is 0 Å². The molecule has 0 aliphatic carbocycles. The lowest BCUT2D eigenvalue weighted by molar-refractivity contribution is 0.0654. The maximum atomic E-state index is 12.4. The van der Waals surface area contributed by atoms with E-state index in [0.717, 1.165) is 24.5 Å². The Morgan fingerprint density at radius 3 is 3.05 bits per heavy atom. The van der Waals surface area contributed by atoms with Gasteiger partial charge in [-0.2, -0.15) is 0 Å². The van der Waals surface area contributed by atoms with Crippen LogP contribution in [0.15, 0.2) is 5.38 Å². The maximum absolute atomic E-state index is 12.4. The Bertz CT molecular complexity index is 430. The molecule has 2 N–H and O–H groups in total. The number of hydrogen-bond acceptors (Lipinski definition) is 4. The zero-order valence-corrected chi connectivity index (χ0v) is 12.6. The third kappa shape index (κ3) is 3.76. The lowest BCUT2D eigenvalue weighted by Gasteiger charge is -2.33. The number of nitrogens with zero attached hydrogens (tertiary/aromatic N) is 2. The first-order valence-electron chi connectivity index (χ1n) is 7.04. The molecule has 1 aliphatic heterocycles. The summed E-state index contributed by atoms with van der Waals surface area (Å²) >= 11 is 1.47. The van der Waals surface area contributed by atoms with Crippen molar-refractivity contribution in [3.8, 4) is 0 Å². The number of amides is 1. The van der Waals surface area contributed by atoms with E-state index in [1.165, 1.54) is 24.2 Å². The van der Waals surface area contributed by atoms with Crippen LogP contribution in [0, 0.1) is 11.8 Å². The highest BCUT2D eigenvalue weighted by Gasteiger charge is 2.26. The Morgan fingerprint density at radius 1 is 1.63 bits per heavy atom. The Morgan fingerprint density at radius 2 is 2.42 bits per heavy atom. The Balaban J connectivity index is 1.98. The van der Waals surface area contributed by atoms with Gasteiger partial charge in [0.25, 0.3) is 5.91 Å². The van der Waals surface area contributed by atoms with Crippen molar-refractivity contribution >= 4 is 17.2 Å². The summed E-state index contributed by atoms with van der Waals surface area (Å²) in [5, 5.41) is 2.66. The molecular formula is C14H23N3OS. The number of hydrogen-bond donors (Lipinski definition) is 1. The van der Waals surface area contributed by atoms with E-state index in [-0.39, 0.29) is 5.91 Å². The fraction of sp³-hybridized carbons (Fsp3) is 0.714. The van der Waals surface area contributed by atoms with E-state index < -0.39 is 0 Å². The van der Waals surface area contributed by atoms with Gasteiger partial charge < -0.3 is 10.6 Å². The minimum atomic E-state index is 0.0735. The highest BCUT2D eigenvalue weighted by molar-refractivity contribution is 7.09. The van der Waals surface area contributed by atoms with E-state index in [0.29, 0.717) is 24.1 Å². The van der Waals surface area contributed by atoms with Crippen LogP contribution >= 0.6 is 11.3 Å². The molecule has 1 saturated heterocycles. The van der Waals surface area contributed by atoms with Crippen LogP contribution in [0.2, 0.25) is 0 Å². The van der Waals surface area contributed by atoms with Crippen LogP contribution < -0.4 is 5.73 Å². The van der Waals surface area contributed by atoms with Gasteiger partial charge in [0, 0.05) is 25.0 Å². The molecule has 2 rings (SSSR count). The maximum Gasteiger partial charge on any atom is 0.273 e. The Kier molecular flexibility index (Phi) is 4.93. The summed E-state index contributed by atoms with van der Waals surface area (Å²) in [6.07, 6.45) is 3.55. The van der Waals surface area contributed by atoms with Gasteiger partial charge in [-0.25, -0.2) is 4.98 Å². The molecule has 1 unspecified atom stereocenters. The molecule has 1 aliphatic rings. The van der Waals surface area contributed by atoms with Gasteiger partial charge >= 0.3 is 0 Å². The van der Waals surface area contributed by atoms with E-state index in [1.807, 2.05) is 10.3 Å². The van der Waals surface area contributed by atoms with Crippen LogP contribution in [0.4, 0.5) is 0 Å². The molecule has 0 radical (unpaired) electrons. The molecule has 4 nitrogen and oxygen atoms in total. The van der Waals surface area contributed by atoms with Crippen molar-refractivity contribution in [1.29, 1.82) is 0 Å². The minimum Gasteiger partial charge on any atom is -0.337 e. The number of carbonyl (C=O) groups is 1. The normalized spacial score (nSPS) is 20.0. The zero-order chi connectivity index (χ0) is 13.8. The predicted molar refractivity (Wildman–Crippen MR) is 78.1 cm³/mol. The van der Waals surface area contributed by atoms with Crippen LogP contribution in [0.1, 0.15) is 48.6 Å². The number of nitrogens with two attached hydrogens (primary N) is 1. The SMILES string of the molecule is CC(C)CC1CCCN(C(=O)c2csc(CN)n2)C1. The average Bonchev–Trinajstić information content (AvgIpc) is 2.86. The number of carbonyl (C=O) groups excluding carboxylic acids is 1. The molecule has 1 aromatic rings. The second-order valence-electron chi connectivity index (χ2n) is 5.72. The van der Waals surface area contributed by atoms with Crippen molar-refractivity contribution in [2.75, 3.05) is 13.1 Å². The van der Waals surface area contributed by atoms with Gasteiger partial charge in [0.05, 0.1) is 0 Å². The fourth-order valence-electron chi connectivity index (χ4n) is 2.77. The largest absolute Gasteiger partial charge is 0.337 e. The van der Waals surface area contributed by atoms with Crippen LogP contribution in [0.3, 0.4) is 0 Å². The van der Waals surface area contributed by atoms with Gasteiger partial charge in [0.2, 0.25) is 0 Å². The molecule has 0 spiro atoms. The molecule has 0 aromatic carbocycles. The van der Waals surface area contributed by atoms with Crippen molar-refractivity contribution in [1.82, 2.24) is 9.88 Å². The number of thiazole rings is 1. The van der Waals surface area contributed by atoms with Crippen LogP contribution in [-0.2, 0) is 6.54 Å². The predicted octanol–water partition coefficient (Wildman–Crippen LogP) is 2.50. The third-order valence-corrected chi connectivity index (χ3v) is 4.43. The van der Waals surface area contributed by atoms with Crippen molar-refractivity contribution in [2.45, 2.75) is 39.7 Å². The molecule has 1 amide bonds. The van der Waals surface area contributed by atoms with Gasteiger partial charge in [0.1, 0.15) is 10.7 Å². The number of rotatable bonds is 4. The Hall–Kier alpha value is -0.940. The van der Waals surface area contributed by atoms with Crippen molar-refractivity contribution in [2.24, 2.45) is 17.6 Å². The second kappa shape index (κ2) is 6.48. The number of aromatic nitrogens is 1. The number of likely N-dealkylation sites (tertiary alicyclic amines) is 1. The standard InChI is InChI=1S/C14H23N3OS/c1-10(2)6-11-4-3-5-17(8-11)14(18)12-9-19-13(7-15)16-12/h9-11H,3-8,15H2,1-2H3. The number of piperidine rings is 1. The summed E-state index contributed by atoms with van der Waals surface area (Å²) in [5.74, 6) is 1.41. The van der Waals surface area contributed by atoms with Crippen molar-refractivity contribution in [3.05, 3.63) is 16.1 Å². The first-order chi connectivity index (χ1) is 9.10. The highest BCUT2D eigenvalue weighted by atomic mass is 32.1. The van der Waals surface area contributed by atoms with Crippen LogP contribution in [0.25, 0.3) is 0 Å². The molecule has 0 bridgehead atoms. The Labute approximate surface area is 119 Å². The summed E-state index contributed by atoms with van der Waals surface area (Å²) in [6.45, 7) is 6.65. The van der Waals surface area contributed by atoms with Gasteiger partial charge in [-0.1, -0.05) is 13.8 Å². The zero-order valence-electron chi connectivity index (χ0n) is 11.8. The lowest BCUT2D eigenvalue weighted by Crippen LogP contribution is -2.40. The monoisotopic (exact) mass is 281 g/mol. The molecule has 5 heteroatoms. The smallest absolute Gasteiger partial charge is 0.273 e. The summed E-state index contributed by atoms with van der Waals surface area (Å²) < 4.78 is 0. The molecule has 1 fully saturated rings. The minimum absolute atomic E-state index is 0.0735. The summed E-state index contributed by atoms with van der Waals surface area (Å²) in [5.41, 5.74) is 6.11. The topological polar surface area (TPSA) is 59.2 Å². The van der Waals surface area contributed by atoms with E-state index in [2.05, 4.69) is 18.8 Å². The van der Waals surface area contributed by atoms with Gasteiger partial charge in [-0.3, -0.25) is 4.79 Å². The second-order valence-corrected chi connectivity index (χ2v) is 6.66. The van der Waals surface area contributed by atoms with Crippen LogP contribution in [-0.4, -0.2) is 28.9 Å². The first kappa shape index (κ1) is 14.5. The molecular weight excluding hydrogens is 258 g/mol. The first-order valence-corrected chi connectivity index (χ1v) is 7.92. The summed E-state index contributed by atoms with van der Waals surface area (Å²) in [6, 6.07) is 0. The van der Waals surface area contributed by atoms with E-state index in [9.17, 15) is 4.79 Å².